The van der Waals surface area contributed by atoms with Crippen LogP contribution in [-0.2, 0) is 16.6 Å². The van der Waals surface area contributed by atoms with Gasteiger partial charge < -0.3 is 4.57 Å². The van der Waals surface area contributed by atoms with Crippen LogP contribution in [0.25, 0.3) is 0 Å². The topological polar surface area (TPSA) is 42.3 Å². The highest BCUT2D eigenvalue weighted by molar-refractivity contribution is 9.10. The van der Waals surface area contributed by atoms with Gasteiger partial charge in [0.2, 0.25) is 10.0 Å². The van der Waals surface area contributed by atoms with E-state index in [0.717, 1.165) is 15.7 Å². The van der Waals surface area contributed by atoms with Gasteiger partial charge in [0, 0.05) is 29.5 Å². The Morgan fingerprint density at radius 3 is 2.32 bits per heavy atom. The first-order valence-corrected chi connectivity index (χ1v) is 10.3. The number of sulfonamides is 1. The van der Waals surface area contributed by atoms with Gasteiger partial charge in [0.1, 0.15) is 0 Å². The molecular weight excluding hydrogens is 400 g/mol. The van der Waals surface area contributed by atoms with Crippen LogP contribution in [0.15, 0.2) is 82.3 Å². The van der Waals surface area contributed by atoms with Crippen LogP contribution in [0, 0.1) is 0 Å². The van der Waals surface area contributed by atoms with Crippen molar-refractivity contribution >= 4 is 26.0 Å². The molecule has 6 heteroatoms. The molecular formula is C19H17BrN2O2S. The first kappa shape index (κ1) is 16.6. The smallest absolute Gasteiger partial charge is 0.244 e. The van der Waals surface area contributed by atoms with E-state index in [-0.39, 0.29) is 6.04 Å². The van der Waals surface area contributed by atoms with Gasteiger partial charge in [-0.05, 0) is 42.0 Å². The van der Waals surface area contributed by atoms with Crippen LogP contribution in [0.1, 0.15) is 17.3 Å². The standard InChI is InChI=1S/C19H17BrN2O2S/c20-16-8-10-17(11-9-16)25(23,24)22-14-13-21-12-4-7-18(21)19(22)15-5-2-1-3-6-15/h1-12,19H,13-14H2. The number of fused-ring (bicyclic) bond motifs is 1. The summed E-state index contributed by atoms with van der Waals surface area (Å²) in [7, 11) is -3.60. The Balaban J connectivity index is 1.84. The fourth-order valence-corrected chi connectivity index (χ4v) is 5.18. The quantitative estimate of drug-likeness (QED) is 0.646. The third-order valence-corrected chi connectivity index (χ3v) is 6.94. The summed E-state index contributed by atoms with van der Waals surface area (Å²) in [5.41, 5.74) is 1.97. The molecule has 3 aromatic rings. The lowest BCUT2D eigenvalue weighted by Gasteiger charge is -2.36. The lowest BCUT2D eigenvalue weighted by Crippen LogP contribution is -2.42. The molecule has 1 aliphatic rings. The molecule has 1 aliphatic heterocycles. The van der Waals surface area contributed by atoms with Gasteiger partial charge in [0.05, 0.1) is 10.9 Å². The molecule has 0 N–H and O–H groups in total. The molecule has 0 saturated carbocycles. The Kier molecular flexibility index (Phi) is 4.27. The predicted molar refractivity (Wildman–Crippen MR) is 101 cm³/mol. The van der Waals surface area contributed by atoms with Gasteiger partial charge in [-0.15, -0.1) is 0 Å². The van der Waals surface area contributed by atoms with Crippen molar-refractivity contribution in [3.63, 3.8) is 0 Å². The average Bonchev–Trinajstić information content (AvgIpc) is 3.10. The number of hydrogen-bond acceptors (Lipinski definition) is 2. The first-order chi connectivity index (χ1) is 12.1. The van der Waals surface area contributed by atoms with E-state index >= 15 is 0 Å². The van der Waals surface area contributed by atoms with Crippen molar-refractivity contribution < 1.29 is 8.42 Å². The molecule has 1 unspecified atom stereocenters. The summed E-state index contributed by atoms with van der Waals surface area (Å²) in [6.07, 6.45) is 2.01. The summed E-state index contributed by atoms with van der Waals surface area (Å²) in [5, 5.41) is 0. The molecule has 25 heavy (non-hydrogen) atoms. The maximum absolute atomic E-state index is 13.3. The molecule has 0 aliphatic carbocycles. The lowest BCUT2D eigenvalue weighted by atomic mass is 10.0. The zero-order chi connectivity index (χ0) is 17.4. The van der Waals surface area contributed by atoms with E-state index < -0.39 is 10.0 Å². The number of rotatable bonds is 3. The SMILES string of the molecule is O=S(=O)(c1ccc(Br)cc1)N1CCn2cccc2C1c1ccccc1. The monoisotopic (exact) mass is 416 g/mol. The van der Waals surface area contributed by atoms with E-state index in [1.165, 1.54) is 0 Å². The molecule has 0 saturated heterocycles. The van der Waals surface area contributed by atoms with Crippen LogP contribution in [0.3, 0.4) is 0 Å². The number of aromatic nitrogens is 1. The molecule has 4 nitrogen and oxygen atoms in total. The van der Waals surface area contributed by atoms with Crippen LogP contribution in [0.5, 0.6) is 0 Å². The predicted octanol–water partition coefficient (Wildman–Crippen LogP) is 4.04. The van der Waals surface area contributed by atoms with Gasteiger partial charge >= 0.3 is 0 Å². The number of nitrogens with zero attached hydrogens (tertiary/aromatic N) is 2. The maximum atomic E-state index is 13.3. The third kappa shape index (κ3) is 2.94. The maximum Gasteiger partial charge on any atom is 0.244 e. The summed E-state index contributed by atoms with van der Waals surface area (Å²) in [4.78, 5) is 0.316. The molecule has 1 aromatic heterocycles. The highest BCUT2D eigenvalue weighted by Gasteiger charge is 2.37. The molecule has 0 radical (unpaired) electrons. The van der Waals surface area contributed by atoms with Gasteiger partial charge in [-0.25, -0.2) is 8.42 Å². The van der Waals surface area contributed by atoms with Crippen molar-refractivity contribution in [2.45, 2.75) is 17.5 Å². The minimum atomic E-state index is -3.60. The molecule has 0 bridgehead atoms. The van der Waals surface area contributed by atoms with Crippen molar-refractivity contribution in [1.29, 1.82) is 0 Å². The fraction of sp³-hybridized carbons (Fsp3) is 0.158. The van der Waals surface area contributed by atoms with Crippen LogP contribution in [-0.4, -0.2) is 23.8 Å². The van der Waals surface area contributed by atoms with Crippen LogP contribution >= 0.6 is 15.9 Å². The number of halogens is 1. The third-order valence-electron chi connectivity index (χ3n) is 4.53. The van der Waals surface area contributed by atoms with E-state index in [1.54, 1.807) is 28.6 Å². The Morgan fingerprint density at radius 1 is 0.880 bits per heavy atom. The van der Waals surface area contributed by atoms with Crippen molar-refractivity contribution in [3.05, 3.63) is 88.7 Å². The van der Waals surface area contributed by atoms with Crippen LogP contribution < -0.4 is 0 Å². The fourth-order valence-electron chi connectivity index (χ4n) is 3.34. The molecule has 0 spiro atoms. The molecule has 128 valence electrons. The Labute approximate surface area is 155 Å². The Hall–Kier alpha value is -1.89. The zero-order valence-corrected chi connectivity index (χ0v) is 15.8. The van der Waals surface area contributed by atoms with Gasteiger partial charge in [0.15, 0.2) is 0 Å². The van der Waals surface area contributed by atoms with Gasteiger partial charge in [-0.2, -0.15) is 4.31 Å². The van der Waals surface area contributed by atoms with Gasteiger partial charge in [0.25, 0.3) is 0 Å². The summed E-state index contributed by atoms with van der Waals surface area (Å²) in [6.45, 7) is 1.10. The number of benzene rings is 2. The number of hydrogen-bond donors (Lipinski definition) is 0. The van der Waals surface area contributed by atoms with Crippen LogP contribution in [0.2, 0.25) is 0 Å². The van der Waals surface area contributed by atoms with Crippen molar-refractivity contribution in [3.8, 4) is 0 Å². The molecule has 4 rings (SSSR count). The Morgan fingerprint density at radius 2 is 1.60 bits per heavy atom. The van der Waals surface area contributed by atoms with E-state index in [2.05, 4.69) is 20.5 Å². The second-order valence-corrected chi connectivity index (χ2v) is 8.82. The van der Waals surface area contributed by atoms with E-state index in [0.29, 0.717) is 18.0 Å². The molecule has 1 atom stereocenters. The highest BCUT2D eigenvalue weighted by atomic mass is 79.9. The second-order valence-electron chi connectivity index (χ2n) is 6.01. The van der Waals surface area contributed by atoms with Crippen LogP contribution in [0.4, 0.5) is 0 Å². The summed E-state index contributed by atoms with van der Waals surface area (Å²) < 4.78 is 31.2. The van der Waals surface area contributed by atoms with Crippen molar-refractivity contribution in [2.75, 3.05) is 6.54 Å². The average molecular weight is 417 g/mol. The van der Waals surface area contributed by atoms with E-state index in [9.17, 15) is 8.42 Å². The minimum absolute atomic E-state index is 0.316. The van der Waals surface area contributed by atoms with Gasteiger partial charge in [-0.1, -0.05) is 46.3 Å². The van der Waals surface area contributed by atoms with Crippen molar-refractivity contribution in [1.82, 2.24) is 8.87 Å². The molecule has 2 aromatic carbocycles. The highest BCUT2D eigenvalue weighted by Crippen LogP contribution is 2.36. The normalized spacial score (nSPS) is 18.0. The molecule has 2 heterocycles. The van der Waals surface area contributed by atoms with Gasteiger partial charge in [-0.3, -0.25) is 0 Å². The second kappa shape index (κ2) is 6.44. The molecule has 0 fully saturated rings. The summed E-state index contributed by atoms with van der Waals surface area (Å²) >= 11 is 3.36. The van der Waals surface area contributed by atoms with E-state index in [1.807, 2.05) is 48.7 Å². The lowest BCUT2D eigenvalue weighted by molar-refractivity contribution is 0.298. The molecule has 0 amide bonds. The largest absolute Gasteiger partial charge is 0.348 e. The zero-order valence-electron chi connectivity index (χ0n) is 13.4. The summed E-state index contributed by atoms with van der Waals surface area (Å²) in [5.74, 6) is 0. The summed E-state index contributed by atoms with van der Waals surface area (Å²) in [6, 6.07) is 20.3. The first-order valence-electron chi connectivity index (χ1n) is 8.05. The minimum Gasteiger partial charge on any atom is -0.348 e. The Bertz CT molecular complexity index is 982. The van der Waals surface area contributed by atoms with Crippen molar-refractivity contribution in [2.24, 2.45) is 0 Å². The van der Waals surface area contributed by atoms with E-state index in [4.69, 9.17) is 0 Å².